The van der Waals surface area contributed by atoms with Crippen LogP contribution >= 0.6 is 11.3 Å². The number of aromatic nitrogens is 1. The Balaban J connectivity index is 2.11. The van der Waals surface area contributed by atoms with Crippen molar-refractivity contribution < 1.29 is 5.11 Å². The van der Waals surface area contributed by atoms with E-state index in [4.69, 9.17) is 0 Å². The van der Waals surface area contributed by atoms with E-state index in [0.29, 0.717) is 6.61 Å². The topological polar surface area (TPSA) is 33.1 Å². The monoisotopic (exact) mass is 239 g/mol. The molecule has 16 heavy (non-hydrogen) atoms. The molecule has 90 valence electrons. The molecule has 0 bridgehead atoms. The molecule has 2 rings (SSSR count). The number of rotatable bonds is 3. The minimum Gasteiger partial charge on any atom is -0.396 e. The molecular weight excluding hydrogens is 218 g/mol. The average molecular weight is 239 g/mol. The second-order valence-electron chi connectivity index (χ2n) is 5.14. The summed E-state index contributed by atoms with van der Waals surface area (Å²) in [6, 6.07) is 0. The Morgan fingerprint density at radius 1 is 1.25 bits per heavy atom. The average Bonchev–Trinajstić information content (AvgIpc) is 2.59. The number of nitrogens with zero attached hydrogens (tertiary/aromatic N) is 1. The first-order valence-electron chi connectivity index (χ1n) is 6.19. The van der Waals surface area contributed by atoms with Gasteiger partial charge in [-0.1, -0.05) is 19.3 Å². The molecule has 1 saturated carbocycles. The molecule has 0 saturated heterocycles. The van der Waals surface area contributed by atoms with Crippen molar-refractivity contribution in [3.8, 4) is 0 Å². The zero-order valence-electron chi connectivity index (χ0n) is 10.3. The zero-order valence-corrected chi connectivity index (χ0v) is 11.1. The van der Waals surface area contributed by atoms with Crippen LogP contribution in [0.2, 0.25) is 0 Å². The van der Waals surface area contributed by atoms with E-state index in [1.54, 1.807) is 11.3 Å². The van der Waals surface area contributed by atoms with Gasteiger partial charge < -0.3 is 5.11 Å². The number of aliphatic hydroxyl groups excluding tert-OH is 1. The van der Waals surface area contributed by atoms with Gasteiger partial charge in [0, 0.05) is 17.9 Å². The lowest BCUT2D eigenvalue weighted by Gasteiger charge is -2.34. The standard InChI is InChI=1S/C13H21NOS/c1-10-11(2)16-12(14-10)8-13(9-15)6-4-3-5-7-13/h15H,3-9H2,1-2H3. The van der Waals surface area contributed by atoms with Crippen LogP contribution in [0.25, 0.3) is 0 Å². The summed E-state index contributed by atoms with van der Waals surface area (Å²) in [5.41, 5.74) is 1.29. The van der Waals surface area contributed by atoms with Crippen LogP contribution in [0, 0.1) is 19.3 Å². The van der Waals surface area contributed by atoms with Gasteiger partial charge >= 0.3 is 0 Å². The van der Waals surface area contributed by atoms with E-state index in [2.05, 4.69) is 18.8 Å². The number of hydrogen-bond donors (Lipinski definition) is 1. The molecule has 1 heterocycles. The highest BCUT2D eigenvalue weighted by molar-refractivity contribution is 7.11. The Hall–Kier alpha value is -0.410. The summed E-state index contributed by atoms with van der Waals surface area (Å²) >= 11 is 1.80. The molecule has 3 heteroatoms. The molecule has 1 aromatic heterocycles. The second-order valence-corrected chi connectivity index (χ2v) is 6.43. The van der Waals surface area contributed by atoms with E-state index < -0.39 is 0 Å². The molecule has 1 aliphatic rings. The number of aliphatic hydroxyl groups is 1. The van der Waals surface area contributed by atoms with Crippen molar-refractivity contribution >= 4 is 11.3 Å². The summed E-state index contributed by atoms with van der Waals surface area (Å²) in [5.74, 6) is 0. The van der Waals surface area contributed by atoms with Gasteiger partial charge in [-0.3, -0.25) is 0 Å². The molecule has 1 N–H and O–H groups in total. The van der Waals surface area contributed by atoms with E-state index >= 15 is 0 Å². The Bertz CT molecular complexity index is 333. The number of thiazole rings is 1. The molecule has 0 atom stereocenters. The van der Waals surface area contributed by atoms with Gasteiger partial charge in [0.1, 0.15) is 0 Å². The summed E-state index contributed by atoms with van der Waals surface area (Å²) < 4.78 is 0. The van der Waals surface area contributed by atoms with E-state index in [1.807, 2.05) is 0 Å². The highest BCUT2D eigenvalue weighted by Crippen LogP contribution is 2.39. The third kappa shape index (κ3) is 2.46. The smallest absolute Gasteiger partial charge is 0.0937 e. The first kappa shape index (κ1) is 12.1. The van der Waals surface area contributed by atoms with Crippen LogP contribution in [0.3, 0.4) is 0 Å². The van der Waals surface area contributed by atoms with Gasteiger partial charge in [0.25, 0.3) is 0 Å². The maximum absolute atomic E-state index is 9.66. The predicted octanol–water partition coefficient (Wildman–Crippen LogP) is 3.25. The fourth-order valence-electron chi connectivity index (χ4n) is 2.63. The molecule has 0 radical (unpaired) electrons. The normalized spacial score (nSPS) is 19.9. The second kappa shape index (κ2) is 4.84. The van der Waals surface area contributed by atoms with Crippen molar-refractivity contribution in [2.45, 2.75) is 52.4 Å². The van der Waals surface area contributed by atoms with Crippen LogP contribution in [0.1, 0.15) is 47.7 Å². The first-order valence-corrected chi connectivity index (χ1v) is 7.01. The molecule has 0 unspecified atom stereocenters. The van der Waals surface area contributed by atoms with Crippen LogP contribution in [-0.2, 0) is 6.42 Å². The molecule has 0 spiro atoms. The zero-order chi connectivity index (χ0) is 11.6. The van der Waals surface area contributed by atoms with Crippen molar-refractivity contribution in [3.05, 3.63) is 15.6 Å². The minimum atomic E-state index is 0.134. The van der Waals surface area contributed by atoms with E-state index in [9.17, 15) is 5.11 Å². The molecule has 0 amide bonds. The number of hydrogen-bond acceptors (Lipinski definition) is 3. The molecule has 2 nitrogen and oxygen atoms in total. The lowest BCUT2D eigenvalue weighted by Crippen LogP contribution is -2.30. The van der Waals surface area contributed by atoms with Crippen molar-refractivity contribution in [1.82, 2.24) is 4.98 Å². The summed E-state index contributed by atoms with van der Waals surface area (Å²) in [6.45, 7) is 4.52. The van der Waals surface area contributed by atoms with E-state index in [-0.39, 0.29) is 5.41 Å². The van der Waals surface area contributed by atoms with Crippen LogP contribution < -0.4 is 0 Å². The fourth-order valence-corrected chi connectivity index (χ4v) is 3.74. The molecule has 0 aliphatic heterocycles. The Kier molecular flexibility index (Phi) is 3.65. The van der Waals surface area contributed by atoms with Gasteiger partial charge in [-0.2, -0.15) is 0 Å². The van der Waals surface area contributed by atoms with Gasteiger partial charge in [0.15, 0.2) is 0 Å². The summed E-state index contributed by atoms with van der Waals surface area (Å²) in [4.78, 5) is 5.92. The largest absolute Gasteiger partial charge is 0.396 e. The van der Waals surface area contributed by atoms with Gasteiger partial charge in [-0.15, -0.1) is 11.3 Å². The Morgan fingerprint density at radius 3 is 2.44 bits per heavy atom. The summed E-state index contributed by atoms with van der Waals surface area (Å²) in [5, 5.41) is 10.9. The van der Waals surface area contributed by atoms with Crippen LogP contribution in [0.4, 0.5) is 0 Å². The summed E-state index contributed by atoms with van der Waals surface area (Å²) in [6.07, 6.45) is 7.18. The fraction of sp³-hybridized carbons (Fsp3) is 0.769. The Labute approximate surface area is 102 Å². The Morgan fingerprint density at radius 2 is 1.94 bits per heavy atom. The number of aryl methyl sites for hydroxylation is 2. The van der Waals surface area contributed by atoms with Crippen molar-refractivity contribution in [2.24, 2.45) is 5.41 Å². The molecule has 1 aliphatic carbocycles. The van der Waals surface area contributed by atoms with Crippen LogP contribution in [0.15, 0.2) is 0 Å². The van der Waals surface area contributed by atoms with Gasteiger partial charge in [0.2, 0.25) is 0 Å². The van der Waals surface area contributed by atoms with Crippen molar-refractivity contribution in [2.75, 3.05) is 6.61 Å². The molecular formula is C13H21NOS. The SMILES string of the molecule is Cc1nc(CC2(CO)CCCCC2)sc1C. The third-order valence-electron chi connectivity index (χ3n) is 3.85. The highest BCUT2D eigenvalue weighted by Gasteiger charge is 2.32. The minimum absolute atomic E-state index is 0.134. The van der Waals surface area contributed by atoms with Crippen LogP contribution in [-0.4, -0.2) is 16.7 Å². The van der Waals surface area contributed by atoms with Gasteiger partial charge in [-0.25, -0.2) is 4.98 Å². The lowest BCUT2D eigenvalue weighted by molar-refractivity contribution is 0.0823. The molecule has 1 fully saturated rings. The van der Waals surface area contributed by atoms with E-state index in [0.717, 1.165) is 12.1 Å². The van der Waals surface area contributed by atoms with E-state index in [1.165, 1.54) is 42.0 Å². The first-order chi connectivity index (χ1) is 7.65. The maximum atomic E-state index is 9.66. The quantitative estimate of drug-likeness (QED) is 0.878. The van der Waals surface area contributed by atoms with Gasteiger partial charge in [-0.05, 0) is 32.1 Å². The lowest BCUT2D eigenvalue weighted by atomic mass is 9.72. The van der Waals surface area contributed by atoms with Crippen molar-refractivity contribution in [1.29, 1.82) is 0 Å². The highest BCUT2D eigenvalue weighted by atomic mass is 32.1. The van der Waals surface area contributed by atoms with Crippen LogP contribution in [0.5, 0.6) is 0 Å². The van der Waals surface area contributed by atoms with Gasteiger partial charge in [0.05, 0.1) is 10.7 Å². The maximum Gasteiger partial charge on any atom is 0.0937 e. The predicted molar refractivity (Wildman–Crippen MR) is 67.9 cm³/mol. The molecule has 0 aromatic carbocycles. The summed E-state index contributed by atoms with van der Waals surface area (Å²) in [7, 11) is 0. The molecule has 1 aromatic rings. The third-order valence-corrected chi connectivity index (χ3v) is 4.92. The van der Waals surface area contributed by atoms with Crippen molar-refractivity contribution in [3.63, 3.8) is 0 Å².